The molecule has 0 aromatic heterocycles. The van der Waals surface area contributed by atoms with Crippen molar-refractivity contribution in [2.75, 3.05) is 13.3 Å². The van der Waals surface area contributed by atoms with Crippen molar-refractivity contribution in [3.05, 3.63) is 0 Å². The number of ether oxygens (including phenoxy) is 2. The Morgan fingerprint density at radius 1 is 1.27 bits per heavy atom. The zero-order valence-corrected chi connectivity index (χ0v) is 6.33. The van der Waals surface area contributed by atoms with E-state index in [0.717, 1.165) is 0 Å². The Balaban J connectivity index is 3.27. The van der Waals surface area contributed by atoms with Crippen molar-refractivity contribution < 1.29 is 19.1 Å². The summed E-state index contributed by atoms with van der Waals surface area (Å²) in [6.45, 7) is 1.10. The van der Waals surface area contributed by atoms with E-state index in [4.69, 9.17) is 5.73 Å². The molecule has 0 bridgehead atoms. The smallest absolute Gasteiger partial charge is 0.322 e. The van der Waals surface area contributed by atoms with E-state index in [1.54, 1.807) is 6.92 Å². The number of carbonyl (C=O) groups is 2. The molecular formula is C6H11NO4. The molecule has 0 radical (unpaired) electrons. The molecule has 0 saturated carbocycles. The SMILES string of the molecule is CCC(=O)OCOC(=O)CN. The quantitative estimate of drug-likeness (QED) is 0.440. The first-order valence-electron chi connectivity index (χ1n) is 3.22. The van der Waals surface area contributed by atoms with Gasteiger partial charge < -0.3 is 15.2 Å². The fourth-order valence-corrected chi connectivity index (χ4v) is 0.322. The Bertz CT molecular complexity index is 130. The summed E-state index contributed by atoms with van der Waals surface area (Å²) < 4.78 is 8.78. The van der Waals surface area contributed by atoms with Crippen LogP contribution in [-0.4, -0.2) is 25.3 Å². The summed E-state index contributed by atoms with van der Waals surface area (Å²) in [7, 11) is 0. The van der Waals surface area contributed by atoms with Gasteiger partial charge in [0.05, 0.1) is 6.54 Å². The minimum Gasteiger partial charge on any atom is -0.428 e. The van der Waals surface area contributed by atoms with Gasteiger partial charge in [-0.25, -0.2) is 0 Å². The van der Waals surface area contributed by atoms with Gasteiger partial charge in [-0.15, -0.1) is 0 Å². The van der Waals surface area contributed by atoms with Crippen LogP contribution in [0.2, 0.25) is 0 Å². The van der Waals surface area contributed by atoms with Crippen LogP contribution in [-0.2, 0) is 19.1 Å². The number of esters is 2. The highest BCUT2D eigenvalue weighted by Crippen LogP contribution is 1.84. The zero-order chi connectivity index (χ0) is 8.69. The fourth-order valence-electron chi connectivity index (χ4n) is 0.322. The minimum absolute atomic E-state index is 0.205. The van der Waals surface area contributed by atoms with Crippen LogP contribution in [0.4, 0.5) is 0 Å². The van der Waals surface area contributed by atoms with Gasteiger partial charge in [0.1, 0.15) is 0 Å². The third-order valence-electron chi connectivity index (χ3n) is 0.895. The van der Waals surface area contributed by atoms with Crippen molar-refractivity contribution in [2.45, 2.75) is 13.3 Å². The average Bonchev–Trinajstić information content (AvgIpc) is 2.04. The summed E-state index contributed by atoms with van der Waals surface area (Å²) in [6, 6.07) is 0. The van der Waals surface area contributed by atoms with E-state index in [1.807, 2.05) is 0 Å². The molecule has 0 amide bonds. The lowest BCUT2D eigenvalue weighted by Crippen LogP contribution is -2.19. The maximum Gasteiger partial charge on any atom is 0.322 e. The van der Waals surface area contributed by atoms with Gasteiger partial charge in [0.25, 0.3) is 0 Å². The molecule has 0 aliphatic heterocycles. The Hall–Kier alpha value is -1.10. The first-order chi connectivity index (χ1) is 5.20. The van der Waals surface area contributed by atoms with Crippen LogP contribution in [0.25, 0.3) is 0 Å². The first-order valence-corrected chi connectivity index (χ1v) is 3.22. The molecule has 5 nitrogen and oxygen atoms in total. The molecule has 11 heavy (non-hydrogen) atoms. The summed E-state index contributed by atoms with van der Waals surface area (Å²) in [5.41, 5.74) is 4.91. The average molecular weight is 161 g/mol. The maximum absolute atomic E-state index is 10.4. The summed E-state index contributed by atoms with van der Waals surface area (Å²) in [4.78, 5) is 20.8. The van der Waals surface area contributed by atoms with Crippen LogP contribution < -0.4 is 5.73 Å². The van der Waals surface area contributed by atoms with Gasteiger partial charge in [0.15, 0.2) is 0 Å². The van der Waals surface area contributed by atoms with Crippen LogP contribution in [0.3, 0.4) is 0 Å². The van der Waals surface area contributed by atoms with Gasteiger partial charge in [-0.05, 0) is 0 Å². The molecule has 0 aliphatic carbocycles. The molecule has 0 fully saturated rings. The van der Waals surface area contributed by atoms with Gasteiger partial charge in [0.2, 0.25) is 6.79 Å². The molecular weight excluding hydrogens is 150 g/mol. The molecule has 0 aliphatic rings. The van der Waals surface area contributed by atoms with Gasteiger partial charge in [0, 0.05) is 6.42 Å². The van der Waals surface area contributed by atoms with E-state index in [-0.39, 0.29) is 19.8 Å². The monoisotopic (exact) mass is 161 g/mol. The third kappa shape index (κ3) is 5.35. The van der Waals surface area contributed by atoms with Crippen molar-refractivity contribution in [3.63, 3.8) is 0 Å². The molecule has 64 valence electrons. The highest BCUT2D eigenvalue weighted by Gasteiger charge is 2.00. The molecule has 0 heterocycles. The number of hydrogen-bond acceptors (Lipinski definition) is 5. The number of rotatable bonds is 4. The molecule has 0 aromatic carbocycles. The van der Waals surface area contributed by atoms with E-state index in [9.17, 15) is 9.59 Å². The van der Waals surface area contributed by atoms with Crippen LogP contribution in [0.15, 0.2) is 0 Å². The molecule has 0 rings (SSSR count). The van der Waals surface area contributed by atoms with Crippen LogP contribution >= 0.6 is 0 Å². The van der Waals surface area contributed by atoms with Crippen molar-refractivity contribution in [2.24, 2.45) is 5.73 Å². The molecule has 0 atom stereocenters. The van der Waals surface area contributed by atoms with E-state index in [0.29, 0.717) is 0 Å². The van der Waals surface area contributed by atoms with E-state index in [1.165, 1.54) is 0 Å². The predicted octanol–water partition coefficient (Wildman–Crippen LogP) is -0.601. The highest BCUT2D eigenvalue weighted by atomic mass is 16.7. The second-order valence-electron chi connectivity index (χ2n) is 1.71. The largest absolute Gasteiger partial charge is 0.428 e. The van der Waals surface area contributed by atoms with Crippen molar-refractivity contribution in [1.29, 1.82) is 0 Å². The number of hydrogen-bond donors (Lipinski definition) is 1. The van der Waals surface area contributed by atoms with Gasteiger partial charge in [-0.3, -0.25) is 9.59 Å². The van der Waals surface area contributed by atoms with E-state index in [2.05, 4.69) is 9.47 Å². The topological polar surface area (TPSA) is 78.6 Å². The molecule has 5 heteroatoms. The zero-order valence-electron chi connectivity index (χ0n) is 6.33. The lowest BCUT2D eigenvalue weighted by atomic mass is 10.5. The Morgan fingerprint density at radius 3 is 2.27 bits per heavy atom. The number of carbonyl (C=O) groups excluding carboxylic acids is 2. The maximum atomic E-state index is 10.4. The molecule has 0 unspecified atom stereocenters. The van der Waals surface area contributed by atoms with Crippen molar-refractivity contribution in [1.82, 2.24) is 0 Å². The minimum atomic E-state index is -0.589. The van der Waals surface area contributed by atoms with Crippen molar-refractivity contribution >= 4 is 11.9 Å². The van der Waals surface area contributed by atoms with Gasteiger partial charge in [-0.2, -0.15) is 0 Å². The first kappa shape index (κ1) is 9.90. The van der Waals surface area contributed by atoms with Crippen molar-refractivity contribution in [3.8, 4) is 0 Å². The second-order valence-corrected chi connectivity index (χ2v) is 1.71. The normalized spacial score (nSPS) is 8.91. The molecule has 0 saturated heterocycles. The summed E-state index contributed by atoms with van der Waals surface area (Å²) >= 11 is 0. The lowest BCUT2D eigenvalue weighted by Gasteiger charge is -2.02. The van der Waals surface area contributed by atoms with Gasteiger partial charge in [-0.1, -0.05) is 6.92 Å². The summed E-state index contributed by atoms with van der Waals surface area (Å²) in [5.74, 6) is -0.997. The number of nitrogens with two attached hydrogens (primary N) is 1. The lowest BCUT2D eigenvalue weighted by molar-refractivity contribution is -0.165. The van der Waals surface area contributed by atoms with Gasteiger partial charge >= 0.3 is 11.9 Å². The Labute approximate surface area is 64.5 Å². The second kappa shape index (κ2) is 5.67. The molecule has 2 N–H and O–H groups in total. The Morgan fingerprint density at radius 2 is 1.82 bits per heavy atom. The standard InChI is InChI=1S/C6H11NO4/c1-2-5(8)10-4-11-6(9)3-7/h2-4,7H2,1H3. The Kier molecular flexibility index (Phi) is 5.10. The molecule has 0 aromatic rings. The van der Waals surface area contributed by atoms with Crippen LogP contribution in [0, 0.1) is 0 Å². The van der Waals surface area contributed by atoms with E-state index >= 15 is 0 Å². The predicted molar refractivity (Wildman–Crippen MR) is 36.4 cm³/mol. The third-order valence-corrected chi connectivity index (χ3v) is 0.895. The molecule has 0 spiro atoms. The fraction of sp³-hybridized carbons (Fsp3) is 0.667. The van der Waals surface area contributed by atoms with Crippen LogP contribution in [0.5, 0.6) is 0 Å². The summed E-state index contributed by atoms with van der Waals surface area (Å²) in [6.07, 6.45) is 0.264. The van der Waals surface area contributed by atoms with Crippen LogP contribution in [0.1, 0.15) is 13.3 Å². The highest BCUT2D eigenvalue weighted by molar-refractivity contribution is 5.72. The summed E-state index contributed by atoms with van der Waals surface area (Å²) in [5, 5.41) is 0. The van der Waals surface area contributed by atoms with E-state index < -0.39 is 11.9 Å².